The molecular weight excluding hydrogens is 412 g/mol. The van der Waals surface area contributed by atoms with Gasteiger partial charge in [0.25, 0.3) is 10.0 Å². The highest BCUT2D eigenvalue weighted by Gasteiger charge is 2.36. The number of fused-ring (bicyclic) bond motifs is 1. The molecule has 1 saturated heterocycles. The molecule has 0 N–H and O–H groups in total. The Morgan fingerprint density at radius 1 is 1.33 bits per heavy atom. The van der Waals surface area contributed by atoms with E-state index in [-0.39, 0.29) is 5.92 Å². The van der Waals surface area contributed by atoms with Crippen molar-refractivity contribution in [2.45, 2.75) is 16.5 Å². The van der Waals surface area contributed by atoms with Gasteiger partial charge in [-0.25, -0.2) is 18.4 Å². The van der Waals surface area contributed by atoms with Crippen molar-refractivity contribution in [3.63, 3.8) is 0 Å². The summed E-state index contributed by atoms with van der Waals surface area (Å²) in [6.45, 7) is 0.966. The summed E-state index contributed by atoms with van der Waals surface area (Å²) in [6.07, 6.45) is 2.51. The molecule has 9 heteroatoms. The van der Waals surface area contributed by atoms with E-state index < -0.39 is 10.0 Å². The molecule has 0 amide bonds. The average molecular weight is 427 g/mol. The first kappa shape index (κ1) is 16.2. The van der Waals surface area contributed by atoms with E-state index in [9.17, 15) is 8.42 Å². The fourth-order valence-corrected chi connectivity index (χ4v) is 6.79. The summed E-state index contributed by atoms with van der Waals surface area (Å²) in [6, 6.07) is 7.20. The Morgan fingerprint density at radius 2 is 2.17 bits per heavy atom. The highest BCUT2D eigenvalue weighted by molar-refractivity contribution is 9.11. The summed E-state index contributed by atoms with van der Waals surface area (Å²) in [5.74, 6) is 0.983. The molecule has 1 aliphatic heterocycles. The van der Waals surface area contributed by atoms with Gasteiger partial charge in [-0.05, 0) is 46.6 Å². The lowest BCUT2D eigenvalue weighted by molar-refractivity contribution is 0.472. The van der Waals surface area contributed by atoms with Crippen molar-refractivity contribution in [1.29, 1.82) is 0 Å². The fraction of sp³-hybridized carbons (Fsp3) is 0.333. The van der Waals surface area contributed by atoms with Gasteiger partial charge in [0.1, 0.15) is 15.6 Å². The Labute approximate surface area is 152 Å². The van der Waals surface area contributed by atoms with Crippen molar-refractivity contribution >= 4 is 48.5 Å². The van der Waals surface area contributed by atoms with E-state index in [0.717, 1.165) is 27.2 Å². The van der Waals surface area contributed by atoms with E-state index in [1.165, 1.54) is 11.3 Å². The van der Waals surface area contributed by atoms with Gasteiger partial charge in [0, 0.05) is 32.3 Å². The van der Waals surface area contributed by atoms with Crippen LogP contribution in [-0.2, 0) is 17.1 Å². The van der Waals surface area contributed by atoms with E-state index in [1.54, 1.807) is 22.6 Å². The quantitative estimate of drug-likeness (QED) is 0.645. The summed E-state index contributed by atoms with van der Waals surface area (Å²) < 4.78 is 30.2. The number of hydrogen-bond acceptors (Lipinski definition) is 5. The van der Waals surface area contributed by atoms with Gasteiger partial charge in [0.05, 0.1) is 3.79 Å². The number of nitrogens with zero attached hydrogens (tertiary/aromatic N) is 4. The van der Waals surface area contributed by atoms with Crippen LogP contribution in [0.2, 0.25) is 0 Å². The number of halogens is 1. The first-order valence-corrected chi connectivity index (χ1v) is 10.5. The van der Waals surface area contributed by atoms with Gasteiger partial charge >= 0.3 is 0 Å². The molecule has 3 aromatic rings. The third-order valence-electron chi connectivity index (χ3n) is 4.32. The minimum Gasteiger partial charge on any atom is -0.316 e. The van der Waals surface area contributed by atoms with Gasteiger partial charge in [0.15, 0.2) is 5.65 Å². The lowest BCUT2D eigenvalue weighted by Crippen LogP contribution is -2.28. The lowest BCUT2D eigenvalue weighted by atomic mass is 10.1. The molecule has 4 heterocycles. The summed E-state index contributed by atoms with van der Waals surface area (Å²) in [4.78, 5) is 9.02. The van der Waals surface area contributed by atoms with Gasteiger partial charge in [-0.15, -0.1) is 11.3 Å². The number of thiophene rings is 1. The summed E-state index contributed by atoms with van der Waals surface area (Å²) in [5.41, 5.74) is 1.68. The van der Waals surface area contributed by atoms with E-state index >= 15 is 0 Å². The Hall–Kier alpha value is -1.29. The largest absolute Gasteiger partial charge is 0.316 e. The molecule has 1 aliphatic rings. The van der Waals surface area contributed by atoms with Gasteiger partial charge in [-0.2, -0.15) is 4.31 Å². The van der Waals surface area contributed by atoms with Crippen molar-refractivity contribution in [2.75, 3.05) is 13.1 Å². The second-order valence-electron chi connectivity index (χ2n) is 5.78. The second kappa shape index (κ2) is 5.91. The zero-order valence-corrected chi connectivity index (χ0v) is 16.1. The molecule has 0 aromatic carbocycles. The van der Waals surface area contributed by atoms with Crippen LogP contribution >= 0.6 is 27.3 Å². The van der Waals surface area contributed by atoms with Crippen LogP contribution < -0.4 is 0 Å². The number of sulfonamides is 1. The molecule has 0 aliphatic carbocycles. The molecule has 1 atom stereocenters. The molecule has 0 unspecified atom stereocenters. The van der Waals surface area contributed by atoms with Gasteiger partial charge < -0.3 is 4.57 Å². The first-order chi connectivity index (χ1) is 11.5. The van der Waals surface area contributed by atoms with Gasteiger partial charge in [-0.1, -0.05) is 0 Å². The van der Waals surface area contributed by atoms with Gasteiger partial charge in [0.2, 0.25) is 0 Å². The number of imidazole rings is 1. The maximum Gasteiger partial charge on any atom is 0.252 e. The summed E-state index contributed by atoms with van der Waals surface area (Å²) in [5, 5.41) is 0. The Kier molecular flexibility index (Phi) is 3.98. The van der Waals surface area contributed by atoms with Crippen LogP contribution in [0.15, 0.2) is 38.5 Å². The van der Waals surface area contributed by atoms with E-state index in [1.807, 2.05) is 23.7 Å². The second-order valence-corrected chi connectivity index (χ2v) is 10.4. The maximum absolute atomic E-state index is 12.8. The number of aryl methyl sites for hydroxylation is 1. The molecule has 24 heavy (non-hydrogen) atoms. The normalized spacial score (nSPS) is 19.3. The van der Waals surface area contributed by atoms with Crippen molar-refractivity contribution in [2.24, 2.45) is 7.05 Å². The smallest absolute Gasteiger partial charge is 0.252 e. The van der Waals surface area contributed by atoms with Crippen LogP contribution in [0.25, 0.3) is 11.2 Å². The van der Waals surface area contributed by atoms with Crippen molar-refractivity contribution in [3.8, 4) is 0 Å². The van der Waals surface area contributed by atoms with Crippen LogP contribution in [-0.4, -0.2) is 40.3 Å². The molecule has 0 bridgehead atoms. The zero-order chi connectivity index (χ0) is 16.9. The minimum atomic E-state index is -3.43. The predicted octanol–water partition coefficient (Wildman–Crippen LogP) is 2.97. The molecule has 126 valence electrons. The van der Waals surface area contributed by atoms with Gasteiger partial charge in [-0.3, -0.25) is 0 Å². The van der Waals surface area contributed by atoms with E-state index in [0.29, 0.717) is 17.3 Å². The Morgan fingerprint density at radius 3 is 2.88 bits per heavy atom. The molecule has 0 radical (unpaired) electrons. The van der Waals surface area contributed by atoms with E-state index in [4.69, 9.17) is 0 Å². The van der Waals surface area contributed by atoms with Crippen LogP contribution in [0.5, 0.6) is 0 Å². The monoisotopic (exact) mass is 426 g/mol. The SMILES string of the molecule is Cn1c([C@H]2CCN(S(=O)(=O)c3ccc(Br)s3)C2)nc2cccnc21. The fourth-order valence-electron chi connectivity index (χ4n) is 3.13. The number of pyridine rings is 1. The van der Waals surface area contributed by atoms with E-state index in [2.05, 4.69) is 25.9 Å². The van der Waals surface area contributed by atoms with Crippen molar-refractivity contribution in [1.82, 2.24) is 18.8 Å². The molecular formula is C15H15BrN4O2S2. The Bertz CT molecular complexity index is 1010. The predicted molar refractivity (Wildman–Crippen MR) is 96.6 cm³/mol. The topological polar surface area (TPSA) is 68.1 Å². The molecule has 0 saturated carbocycles. The molecule has 6 nitrogen and oxygen atoms in total. The maximum atomic E-state index is 12.8. The first-order valence-electron chi connectivity index (χ1n) is 7.49. The summed E-state index contributed by atoms with van der Waals surface area (Å²) in [7, 11) is -1.50. The number of hydrogen-bond donors (Lipinski definition) is 0. The van der Waals surface area contributed by atoms with Crippen LogP contribution in [0.4, 0.5) is 0 Å². The zero-order valence-electron chi connectivity index (χ0n) is 12.9. The van der Waals surface area contributed by atoms with Crippen molar-refractivity contribution in [3.05, 3.63) is 40.1 Å². The molecule has 1 fully saturated rings. The van der Waals surface area contributed by atoms with Crippen LogP contribution in [0.3, 0.4) is 0 Å². The number of aromatic nitrogens is 3. The average Bonchev–Trinajstić information content (AvgIpc) is 3.27. The minimum absolute atomic E-state index is 0.0855. The Balaban J connectivity index is 1.63. The number of rotatable bonds is 3. The summed E-state index contributed by atoms with van der Waals surface area (Å²) >= 11 is 4.57. The lowest BCUT2D eigenvalue weighted by Gasteiger charge is -2.15. The standard InChI is InChI=1S/C15H15BrN4O2S2/c1-19-14(18-11-3-2-7-17-15(11)19)10-6-8-20(9-10)24(21,22)13-5-4-12(16)23-13/h2-5,7,10H,6,8-9H2,1H3/t10-/m0/s1. The highest BCUT2D eigenvalue weighted by atomic mass is 79.9. The molecule has 0 spiro atoms. The van der Waals surface area contributed by atoms with Crippen LogP contribution in [0, 0.1) is 0 Å². The molecule has 4 rings (SSSR count). The highest BCUT2D eigenvalue weighted by Crippen LogP contribution is 2.34. The third kappa shape index (κ3) is 2.59. The third-order valence-corrected chi connectivity index (χ3v) is 8.28. The van der Waals surface area contributed by atoms with Crippen molar-refractivity contribution < 1.29 is 8.42 Å². The molecule has 3 aromatic heterocycles. The van der Waals surface area contributed by atoms with Crippen LogP contribution in [0.1, 0.15) is 18.2 Å².